The van der Waals surface area contributed by atoms with Crippen molar-refractivity contribution in [3.8, 4) is 0 Å². The van der Waals surface area contributed by atoms with Gasteiger partial charge < -0.3 is 9.52 Å². The van der Waals surface area contributed by atoms with Crippen molar-refractivity contribution in [3.63, 3.8) is 0 Å². The van der Waals surface area contributed by atoms with Gasteiger partial charge in [0.25, 0.3) is 0 Å². The van der Waals surface area contributed by atoms with E-state index < -0.39 is 17.7 Å². The number of hydrogen-bond donors (Lipinski definition) is 1. The van der Waals surface area contributed by atoms with Crippen LogP contribution < -0.4 is 0 Å². The van der Waals surface area contributed by atoms with Gasteiger partial charge >= 0.3 is 0 Å². The van der Waals surface area contributed by atoms with Crippen LogP contribution in [0.3, 0.4) is 0 Å². The second-order valence-electron chi connectivity index (χ2n) is 3.84. The Bertz CT molecular complexity index is 566. The van der Waals surface area contributed by atoms with E-state index in [2.05, 4.69) is 15.9 Å². The molecular formula is C13H11BrF2O2. The minimum atomic E-state index is -1.23. The van der Waals surface area contributed by atoms with Crippen LogP contribution in [0.5, 0.6) is 0 Å². The van der Waals surface area contributed by atoms with Crippen molar-refractivity contribution in [1.29, 1.82) is 0 Å². The highest BCUT2D eigenvalue weighted by atomic mass is 79.9. The lowest BCUT2D eigenvalue weighted by Gasteiger charge is -2.12. The molecule has 5 heteroatoms. The lowest BCUT2D eigenvalue weighted by molar-refractivity contribution is 0.211. The summed E-state index contributed by atoms with van der Waals surface area (Å²) in [5.41, 5.74) is 0.352. The number of hydrogen-bond acceptors (Lipinski definition) is 2. The second kappa shape index (κ2) is 5.20. The van der Waals surface area contributed by atoms with Gasteiger partial charge in [0.1, 0.15) is 23.5 Å². The minimum absolute atomic E-state index is 0.0267. The first kappa shape index (κ1) is 13.2. The number of aliphatic hydroxyl groups is 1. The third kappa shape index (κ3) is 2.33. The second-order valence-corrected chi connectivity index (χ2v) is 4.70. The number of benzene rings is 1. The van der Waals surface area contributed by atoms with Gasteiger partial charge in [0, 0.05) is 17.5 Å². The summed E-state index contributed by atoms with van der Waals surface area (Å²) in [6.07, 6.45) is 0.756. The Balaban J connectivity index is 2.46. The standard InChI is InChI=1S/C13H11BrF2O2/c1-2-12-7(3-4-18-12)13(17)8-5-11(16)9(14)6-10(8)15/h3-6,13,17H,2H2,1H3. The van der Waals surface area contributed by atoms with Crippen LogP contribution in [0.1, 0.15) is 29.9 Å². The van der Waals surface area contributed by atoms with Crippen LogP contribution in [0.25, 0.3) is 0 Å². The lowest BCUT2D eigenvalue weighted by atomic mass is 10.0. The van der Waals surface area contributed by atoms with Crippen molar-refractivity contribution in [2.75, 3.05) is 0 Å². The SMILES string of the molecule is CCc1occc1C(O)c1cc(F)c(Br)cc1F. The van der Waals surface area contributed by atoms with Crippen LogP contribution in [0, 0.1) is 11.6 Å². The number of aryl methyl sites for hydroxylation is 1. The fourth-order valence-electron chi connectivity index (χ4n) is 1.80. The summed E-state index contributed by atoms with van der Waals surface area (Å²) >= 11 is 2.89. The number of aliphatic hydroxyl groups excluding tert-OH is 1. The molecule has 2 rings (SSSR count). The van der Waals surface area contributed by atoms with Crippen molar-refractivity contribution < 1.29 is 18.3 Å². The fourth-order valence-corrected chi connectivity index (χ4v) is 2.11. The molecular weight excluding hydrogens is 306 g/mol. The molecule has 2 nitrogen and oxygen atoms in total. The summed E-state index contributed by atoms with van der Waals surface area (Å²) in [7, 11) is 0. The molecule has 0 saturated carbocycles. The third-order valence-corrected chi connectivity index (χ3v) is 3.34. The van der Waals surface area contributed by atoms with Gasteiger partial charge in [-0.1, -0.05) is 6.92 Å². The lowest BCUT2D eigenvalue weighted by Crippen LogP contribution is -2.05. The molecule has 0 amide bonds. The van der Waals surface area contributed by atoms with E-state index in [0.29, 0.717) is 17.7 Å². The van der Waals surface area contributed by atoms with E-state index >= 15 is 0 Å². The molecule has 0 aliphatic rings. The quantitative estimate of drug-likeness (QED) is 0.869. The minimum Gasteiger partial charge on any atom is -0.469 e. The molecule has 0 aliphatic heterocycles. The van der Waals surface area contributed by atoms with Gasteiger partial charge in [0.2, 0.25) is 0 Å². The molecule has 0 spiro atoms. The normalized spacial score (nSPS) is 12.7. The average molecular weight is 317 g/mol. The Morgan fingerprint density at radius 3 is 2.67 bits per heavy atom. The molecule has 1 aromatic carbocycles. The van der Waals surface area contributed by atoms with Crippen LogP contribution in [-0.4, -0.2) is 5.11 Å². The van der Waals surface area contributed by atoms with E-state index in [1.54, 1.807) is 6.07 Å². The van der Waals surface area contributed by atoms with Crippen LogP contribution >= 0.6 is 15.9 Å². The highest BCUT2D eigenvalue weighted by Crippen LogP contribution is 2.30. The van der Waals surface area contributed by atoms with Gasteiger partial charge in [-0.05, 0) is 34.1 Å². The predicted molar refractivity (Wildman–Crippen MR) is 66.2 cm³/mol. The van der Waals surface area contributed by atoms with Crippen molar-refractivity contribution in [2.45, 2.75) is 19.4 Å². The first-order valence-corrected chi connectivity index (χ1v) is 6.22. The van der Waals surface area contributed by atoms with Crippen molar-refractivity contribution in [3.05, 3.63) is 57.5 Å². The molecule has 1 unspecified atom stereocenters. The maximum absolute atomic E-state index is 13.7. The van der Waals surface area contributed by atoms with E-state index in [0.717, 1.165) is 12.1 Å². The van der Waals surface area contributed by atoms with Crippen LogP contribution in [0.15, 0.2) is 33.4 Å². The zero-order valence-corrected chi connectivity index (χ0v) is 11.2. The molecule has 0 bridgehead atoms. The largest absolute Gasteiger partial charge is 0.469 e. The summed E-state index contributed by atoms with van der Waals surface area (Å²) in [5.74, 6) is -0.726. The van der Waals surface area contributed by atoms with Crippen LogP contribution in [0.2, 0.25) is 0 Å². The Morgan fingerprint density at radius 2 is 2.00 bits per heavy atom. The van der Waals surface area contributed by atoms with Gasteiger partial charge in [-0.25, -0.2) is 8.78 Å². The van der Waals surface area contributed by atoms with Gasteiger partial charge in [0.05, 0.1) is 10.7 Å². The summed E-state index contributed by atoms with van der Waals surface area (Å²) in [6.45, 7) is 1.85. The van der Waals surface area contributed by atoms with E-state index in [9.17, 15) is 13.9 Å². The Kier molecular flexibility index (Phi) is 3.82. The molecule has 0 saturated heterocycles. The summed E-state index contributed by atoms with van der Waals surface area (Å²) in [5, 5.41) is 10.1. The van der Waals surface area contributed by atoms with Crippen molar-refractivity contribution in [2.24, 2.45) is 0 Å². The molecule has 2 aromatic rings. The molecule has 0 radical (unpaired) electrons. The maximum Gasteiger partial charge on any atom is 0.137 e. The Labute approximate surface area is 111 Å². The number of halogens is 3. The van der Waals surface area contributed by atoms with Gasteiger partial charge in [-0.3, -0.25) is 0 Å². The van der Waals surface area contributed by atoms with Crippen molar-refractivity contribution in [1.82, 2.24) is 0 Å². The molecule has 18 heavy (non-hydrogen) atoms. The summed E-state index contributed by atoms with van der Waals surface area (Å²) in [6, 6.07) is 3.54. The third-order valence-electron chi connectivity index (χ3n) is 2.73. The van der Waals surface area contributed by atoms with E-state index in [1.807, 2.05) is 6.92 Å². The van der Waals surface area contributed by atoms with Crippen molar-refractivity contribution >= 4 is 15.9 Å². The fraction of sp³-hybridized carbons (Fsp3) is 0.231. The first-order chi connectivity index (χ1) is 8.54. The summed E-state index contributed by atoms with van der Waals surface area (Å²) < 4.78 is 32.3. The van der Waals surface area contributed by atoms with Crippen LogP contribution in [-0.2, 0) is 6.42 Å². The molecule has 96 valence electrons. The van der Waals surface area contributed by atoms with E-state index in [-0.39, 0.29) is 10.0 Å². The van der Waals surface area contributed by atoms with E-state index in [1.165, 1.54) is 6.26 Å². The van der Waals surface area contributed by atoms with Gasteiger partial charge in [-0.2, -0.15) is 0 Å². The number of rotatable bonds is 3. The smallest absolute Gasteiger partial charge is 0.137 e. The Hall–Kier alpha value is -1.20. The summed E-state index contributed by atoms with van der Waals surface area (Å²) in [4.78, 5) is 0. The molecule has 0 fully saturated rings. The monoisotopic (exact) mass is 316 g/mol. The van der Waals surface area contributed by atoms with Gasteiger partial charge in [0.15, 0.2) is 0 Å². The molecule has 0 aliphatic carbocycles. The van der Waals surface area contributed by atoms with E-state index in [4.69, 9.17) is 4.42 Å². The molecule has 1 aromatic heterocycles. The predicted octanol–water partition coefficient (Wildman–Crippen LogP) is 3.96. The molecule has 1 heterocycles. The maximum atomic E-state index is 13.7. The van der Waals surface area contributed by atoms with Gasteiger partial charge in [-0.15, -0.1) is 0 Å². The highest BCUT2D eigenvalue weighted by Gasteiger charge is 2.21. The molecule has 1 N–H and O–H groups in total. The number of furan rings is 1. The zero-order valence-electron chi connectivity index (χ0n) is 9.58. The average Bonchev–Trinajstić information content (AvgIpc) is 2.81. The highest BCUT2D eigenvalue weighted by molar-refractivity contribution is 9.10. The van der Waals surface area contributed by atoms with Crippen LogP contribution in [0.4, 0.5) is 8.78 Å². The topological polar surface area (TPSA) is 33.4 Å². The Morgan fingerprint density at radius 1 is 1.28 bits per heavy atom. The first-order valence-electron chi connectivity index (χ1n) is 5.43. The molecule has 1 atom stereocenters. The zero-order chi connectivity index (χ0) is 13.3.